The molecule has 0 radical (unpaired) electrons. The molecule has 1 aliphatic carbocycles. The first-order valence-corrected chi connectivity index (χ1v) is 19.3. The Kier molecular flexibility index (Phi) is 9.76. The zero-order valence-electron chi connectivity index (χ0n) is 30.1. The fourth-order valence-electron chi connectivity index (χ4n) is 8.53. The predicted molar refractivity (Wildman–Crippen MR) is 199 cm³/mol. The van der Waals surface area contributed by atoms with Gasteiger partial charge in [-0.2, -0.15) is 5.10 Å². The van der Waals surface area contributed by atoms with Crippen LogP contribution in [0.2, 0.25) is 0 Å². The van der Waals surface area contributed by atoms with Crippen LogP contribution in [0, 0.1) is 5.92 Å². The predicted octanol–water partition coefficient (Wildman–Crippen LogP) is 4.88. The summed E-state index contributed by atoms with van der Waals surface area (Å²) < 4.78 is 32.8. The number of halogens is 2. The molecule has 14 nitrogen and oxygen atoms in total. The van der Waals surface area contributed by atoms with Crippen molar-refractivity contribution in [2.75, 3.05) is 36.9 Å². The number of aryl methyl sites for hydroxylation is 1. The summed E-state index contributed by atoms with van der Waals surface area (Å²) in [7, 11) is 3.91. The molecule has 5 aromatic rings. The molecule has 3 amide bonds. The van der Waals surface area contributed by atoms with E-state index in [1.165, 1.54) is 15.3 Å². The second-order valence-corrected chi connectivity index (χ2v) is 15.7. The molecule has 0 spiro atoms. The molecule has 3 aliphatic rings. The van der Waals surface area contributed by atoms with Gasteiger partial charge in [0.1, 0.15) is 22.3 Å². The van der Waals surface area contributed by atoms with Crippen LogP contribution in [0.4, 0.5) is 20.2 Å². The van der Waals surface area contributed by atoms with Crippen molar-refractivity contribution in [3.05, 3.63) is 68.9 Å². The summed E-state index contributed by atoms with van der Waals surface area (Å²) in [6.07, 6.45) is 7.79. The second kappa shape index (κ2) is 14.7. The molecule has 1 atom stereocenters. The van der Waals surface area contributed by atoms with E-state index < -0.39 is 30.0 Å². The number of alkyl halides is 2. The van der Waals surface area contributed by atoms with Crippen LogP contribution in [-0.2, 0) is 16.6 Å². The van der Waals surface area contributed by atoms with Crippen molar-refractivity contribution in [2.45, 2.75) is 75.8 Å². The number of nitrogens with zero attached hydrogens (tertiary/aromatic N) is 8. The van der Waals surface area contributed by atoms with Gasteiger partial charge in [-0.1, -0.05) is 6.07 Å². The van der Waals surface area contributed by atoms with E-state index in [-0.39, 0.29) is 28.8 Å². The number of amides is 3. The van der Waals surface area contributed by atoms with Gasteiger partial charge in [0.05, 0.1) is 27.9 Å². The number of carbonyl (C=O) groups excluding carboxylic acids is 3. The summed E-state index contributed by atoms with van der Waals surface area (Å²) in [5.41, 5.74) is 2.45. The van der Waals surface area contributed by atoms with E-state index in [0.29, 0.717) is 40.2 Å². The third kappa shape index (κ3) is 6.67. The summed E-state index contributed by atoms with van der Waals surface area (Å²) in [5, 5.41) is 9.82. The second-order valence-electron chi connectivity index (χ2n) is 14.7. The standard InChI is InChI=1S/C37H42F2N10O4S/c1-45(23-13-17-47(18-14-23)25-5-3-6-26-30(25)46(2)37(53)49(26)27-11-12-28(50)43-34(27)51)20-21-7-9-22(10-8-21)36-44-29(32(38)39)31(54-36)35(52)42-24-19-41-48-16-4-15-40-33(24)48/h3-6,15-16,19,21-23,27,32H,7-14,17-18,20H2,1-2H3,(H,42,52)(H,43,50,51). The van der Waals surface area contributed by atoms with Crippen molar-refractivity contribution < 1.29 is 23.2 Å². The smallest absolute Gasteiger partial charge is 0.329 e. The normalized spacial score (nSPS) is 21.4. The molecule has 3 fully saturated rings. The first kappa shape index (κ1) is 36.0. The van der Waals surface area contributed by atoms with E-state index in [2.05, 4.69) is 42.5 Å². The lowest BCUT2D eigenvalue weighted by atomic mass is 9.82. The van der Waals surface area contributed by atoms with Crippen LogP contribution >= 0.6 is 11.3 Å². The molecule has 2 N–H and O–H groups in total. The van der Waals surface area contributed by atoms with Gasteiger partial charge in [0.2, 0.25) is 11.8 Å². The van der Waals surface area contributed by atoms with Gasteiger partial charge in [-0.3, -0.25) is 28.8 Å². The van der Waals surface area contributed by atoms with Crippen molar-refractivity contribution in [2.24, 2.45) is 13.0 Å². The largest absolute Gasteiger partial charge is 0.370 e. The van der Waals surface area contributed by atoms with Gasteiger partial charge >= 0.3 is 5.69 Å². The number of carbonyl (C=O) groups is 3. The maximum atomic E-state index is 14.1. The van der Waals surface area contributed by atoms with E-state index in [1.54, 1.807) is 30.1 Å². The van der Waals surface area contributed by atoms with Gasteiger partial charge in [0, 0.05) is 57.5 Å². The Labute approximate surface area is 313 Å². The van der Waals surface area contributed by atoms with Gasteiger partial charge in [-0.25, -0.2) is 28.1 Å². The van der Waals surface area contributed by atoms with Crippen LogP contribution in [0.25, 0.3) is 16.7 Å². The van der Waals surface area contributed by atoms with Crippen LogP contribution in [0.5, 0.6) is 0 Å². The fraction of sp³-hybridized carbons (Fsp3) is 0.486. The third-order valence-electron chi connectivity index (χ3n) is 11.4. The Morgan fingerprint density at radius 3 is 2.59 bits per heavy atom. The van der Waals surface area contributed by atoms with Crippen LogP contribution < -0.4 is 21.2 Å². The number of imide groups is 1. The topological polar surface area (TPSA) is 152 Å². The molecule has 54 heavy (non-hydrogen) atoms. The minimum absolute atomic E-state index is 0.0287. The maximum Gasteiger partial charge on any atom is 0.329 e. The Balaban J connectivity index is 0.870. The molecular formula is C37H42F2N10O4S. The molecule has 1 unspecified atom stereocenters. The summed E-state index contributed by atoms with van der Waals surface area (Å²) >= 11 is 1.06. The number of imidazole rings is 1. The quantitative estimate of drug-likeness (QED) is 0.200. The molecule has 284 valence electrons. The average molecular weight is 761 g/mol. The highest BCUT2D eigenvalue weighted by Crippen LogP contribution is 2.41. The molecule has 2 aliphatic heterocycles. The Morgan fingerprint density at radius 1 is 1.07 bits per heavy atom. The van der Waals surface area contributed by atoms with Crippen molar-refractivity contribution in [3.63, 3.8) is 0 Å². The third-order valence-corrected chi connectivity index (χ3v) is 12.6. The zero-order valence-corrected chi connectivity index (χ0v) is 30.9. The molecule has 1 aromatic carbocycles. The van der Waals surface area contributed by atoms with Gasteiger partial charge in [0.25, 0.3) is 12.3 Å². The SMILES string of the molecule is CN(CC1CCC(c2nc(C(F)F)c(C(=O)Nc3cnn4cccnc34)s2)CC1)C1CCN(c2cccc3c2n(C)c(=O)n3C2CCC(=O)NC2=O)CC1. The summed E-state index contributed by atoms with van der Waals surface area (Å²) in [6, 6.07) is 7.19. The Hall–Kier alpha value is -5.03. The Morgan fingerprint density at radius 2 is 1.85 bits per heavy atom. The molecule has 2 saturated heterocycles. The number of thiazole rings is 1. The number of hydrogen-bond donors (Lipinski definition) is 2. The van der Waals surface area contributed by atoms with Crippen LogP contribution in [0.1, 0.15) is 90.1 Å². The van der Waals surface area contributed by atoms with Crippen molar-refractivity contribution in [3.8, 4) is 0 Å². The average Bonchev–Trinajstić information content (AvgIpc) is 3.87. The minimum Gasteiger partial charge on any atom is -0.370 e. The summed E-state index contributed by atoms with van der Waals surface area (Å²) in [4.78, 5) is 64.3. The molecule has 6 heterocycles. The number of fused-ring (bicyclic) bond motifs is 2. The lowest BCUT2D eigenvalue weighted by molar-refractivity contribution is -0.135. The zero-order chi connectivity index (χ0) is 37.7. The monoisotopic (exact) mass is 760 g/mol. The maximum absolute atomic E-state index is 14.1. The van der Waals surface area contributed by atoms with E-state index in [4.69, 9.17) is 0 Å². The van der Waals surface area contributed by atoms with E-state index in [9.17, 15) is 28.0 Å². The first-order valence-electron chi connectivity index (χ1n) is 18.4. The number of para-hydroxylation sites is 1. The summed E-state index contributed by atoms with van der Waals surface area (Å²) in [5.74, 6) is -0.896. The highest BCUT2D eigenvalue weighted by molar-refractivity contribution is 7.14. The van der Waals surface area contributed by atoms with Crippen molar-refractivity contribution in [1.82, 2.24) is 38.9 Å². The first-order chi connectivity index (χ1) is 26.1. The summed E-state index contributed by atoms with van der Waals surface area (Å²) in [6.45, 7) is 2.58. The number of aromatic nitrogens is 6. The molecule has 1 saturated carbocycles. The van der Waals surface area contributed by atoms with Crippen LogP contribution in [-0.4, -0.2) is 84.1 Å². The number of hydrogen-bond acceptors (Lipinski definition) is 10. The number of piperidine rings is 2. The molecule has 8 rings (SSSR count). The van der Waals surface area contributed by atoms with E-state index in [0.717, 1.165) is 80.7 Å². The highest BCUT2D eigenvalue weighted by atomic mass is 32.1. The molecule has 4 aromatic heterocycles. The number of benzene rings is 1. The fourth-order valence-corrected chi connectivity index (χ4v) is 9.67. The van der Waals surface area contributed by atoms with Gasteiger partial charge in [0.15, 0.2) is 5.65 Å². The van der Waals surface area contributed by atoms with Crippen LogP contribution in [0.3, 0.4) is 0 Å². The van der Waals surface area contributed by atoms with E-state index in [1.807, 2.05) is 18.2 Å². The van der Waals surface area contributed by atoms with Gasteiger partial charge in [-0.15, -0.1) is 11.3 Å². The Bertz CT molecular complexity index is 2280. The molecular weight excluding hydrogens is 719 g/mol. The number of nitrogens with one attached hydrogen (secondary N) is 2. The lowest BCUT2D eigenvalue weighted by Gasteiger charge is -2.40. The van der Waals surface area contributed by atoms with Crippen molar-refractivity contribution >= 4 is 57.1 Å². The van der Waals surface area contributed by atoms with E-state index >= 15 is 0 Å². The molecule has 17 heteroatoms. The highest BCUT2D eigenvalue weighted by Gasteiger charge is 2.34. The van der Waals surface area contributed by atoms with Gasteiger partial charge < -0.3 is 15.1 Å². The van der Waals surface area contributed by atoms with Crippen LogP contribution in [0.15, 0.2) is 47.7 Å². The number of rotatable bonds is 9. The van der Waals surface area contributed by atoms with Crippen molar-refractivity contribution in [1.29, 1.82) is 0 Å². The van der Waals surface area contributed by atoms with Gasteiger partial charge in [-0.05, 0) is 76.1 Å². The number of anilines is 2. The lowest BCUT2D eigenvalue weighted by Crippen LogP contribution is -2.45. The minimum atomic E-state index is -2.87. The molecule has 0 bridgehead atoms.